The van der Waals surface area contributed by atoms with Gasteiger partial charge in [-0.2, -0.15) is 5.10 Å². The number of aromatic nitrogens is 2. The van der Waals surface area contributed by atoms with E-state index in [0.29, 0.717) is 12.4 Å². The van der Waals surface area contributed by atoms with Gasteiger partial charge in [0.1, 0.15) is 11.6 Å². The summed E-state index contributed by atoms with van der Waals surface area (Å²) in [5, 5.41) is 13.0. The Kier molecular flexibility index (Phi) is 8.38. The van der Waals surface area contributed by atoms with Crippen molar-refractivity contribution in [1.82, 2.24) is 19.6 Å². The van der Waals surface area contributed by atoms with Gasteiger partial charge in [0.2, 0.25) is 0 Å². The number of rotatable bonds is 8. The molecule has 1 aromatic heterocycles. The average Bonchev–Trinajstić information content (AvgIpc) is 3.37. The van der Waals surface area contributed by atoms with Crippen LogP contribution in [0.15, 0.2) is 72.8 Å². The minimum absolute atomic E-state index is 0.189. The normalized spacial score (nSPS) is 14.8. The maximum absolute atomic E-state index is 13.2. The quantitative estimate of drug-likeness (QED) is 0.269. The molecule has 4 aromatic rings. The summed E-state index contributed by atoms with van der Waals surface area (Å²) < 4.78 is 7.90. The molecule has 0 saturated carbocycles. The van der Waals surface area contributed by atoms with Crippen molar-refractivity contribution in [3.8, 4) is 11.4 Å². The lowest BCUT2D eigenvalue weighted by molar-refractivity contribution is 0.145. The van der Waals surface area contributed by atoms with Crippen molar-refractivity contribution in [3.63, 3.8) is 0 Å². The van der Waals surface area contributed by atoms with Gasteiger partial charge in [0, 0.05) is 55.7 Å². The number of nitrogens with zero attached hydrogens (tertiary/aromatic N) is 4. The number of nitrogens with one attached hydrogen (secondary N) is 2. The van der Waals surface area contributed by atoms with Crippen LogP contribution in [0.25, 0.3) is 16.5 Å². The lowest BCUT2D eigenvalue weighted by Gasteiger charge is -2.32. The van der Waals surface area contributed by atoms with Gasteiger partial charge >= 0.3 is 6.03 Å². The third-order valence-corrected chi connectivity index (χ3v) is 7.30. The molecule has 210 valence electrons. The topological polar surface area (TPSA) is 74.7 Å². The summed E-state index contributed by atoms with van der Waals surface area (Å²) in [4.78, 5) is 18.0. The predicted molar refractivity (Wildman–Crippen MR) is 163 cm³/mol. The number of ether oxygens (including phenoxy) is 1. The fourth-order valence-electron chi connectivity index (χ4n) is 4.89. The third-order valence-electron chi connectivity index (χ3n) is 7.30. The molecule has 1 saturated heterocycles. The summed E-state index contributed by atoms with van der Waals surface area (Å²) in [6, 6.07) is 23.4. The number of benzene rings is 3. The monoisotopic (exact) mass is 540 g/mol. The Balaban J connectivity index is 1.29. The van der Waals surface area contributed by atoms with E-state index in [4.69, 9.17) is 9.84 Å². The van der Waals surface area contributed by atoms with Crippen LogP contribution < -0.4 is 15.4 Å². The summed E-state index contributed by atoms with van der Waals surface area (Å²) in [6.07, 6.45) is 0.977. The molecule has 0 atom stereocenters. The second-order valence-corrected chi connectivity index (χ2v) is 11.5. The van der Waals surface area contributed by atoms with E-state index in [0.717, 1.165) is 72.7 Å². The molecule has 1 fully saturated rings. The molecule has 8 heteroatoms. The molecule has 2 amide bonds. The second kappa shape index (κ2) is 12.1. The summed E-state index contributed by atoms with van der Waals surface area (Å²) in [5.74, 6) is 1.38. The first kappa shape index (κ1) is 27.7. The lowest BCUT2D eigenvalue weighted by Crippen LogP contribution is -2.44. The Morgan fingerprint density at radius 3 is 2.48 bits per heavy atom. The number of carbonyl (C=O) groups is 1. The molecule has 0 radical (unpaired) electrons. The third kappa shape index (κ3) is 6.81. The molecule has 1 aliphatic rings. The highest BCUT2D eigenvalue weighted by atomic mass is 16.5. The maximum Gasteiger partial charge on any atom is 0.324 e. The van der Waals surface area contributed by atoms with E-state index >= 15 is 0 Å². The van der Waals surface area contributed by atoms with Gasteiger partial charge in [0.25, 0.3) is 0 Å². The second-order valence-electron chi connectivity index (χ2n) is 11.5. The highest BCUT2D eigenvalue weighted by molar-refractivity contribution is 6.06. The lowest BCUT2D eigenvalue weighted by atomic mass is 9.92. The van der Waals surface area contributed by atoms with Crippen molar-refractivity contribution >= 4 is 28.3 Å². The van der Waals surface area contributed by atoms with E-state index in [1.807, 2.05) is 72.8 Å². The number of fused-ring (bicyclic) bond motifs is 1. The summed E-state index contributed by atoms with van der Waals surface area (Å²) in [6.45, 7) is 12.5. The number of urea groups is 1. The fraction of sp³-hybridized carbons (Fsp3) is 0.375. The standard InChI is InChI=1S/C32H40N6O2/c1-32(2,3)29-23-30(34-31(39)33-28-15-7-11-24-10-5-6-14-27(24)28)38(35-29)25-12-8-13-26(22-25)40-21-9-16-37-19-17-36(4)18-20-37/h5-8,10-15,22-23H,9,16-21H2,1-4H3,(H2,33,34,39). The average molecular weight is 541 g/mol. The Hall–Kier alpha value is -3.88. The van der Waals surface area contributed by atoms with E-state index in [2.05, 4.69) is 48.3 Å². The Bertz CT molecular complexity index is 1440. The Labute approximate surface area is 236 Å². The number of hydrogen-bond donors (Lipinski definition) is 2. The van der Waals surface area contributed by atoms with Gasteiger partial charge < -0.3 is 19.9 Å². The smallest absolute Gasteiger partial charge is 0.324 e. The molecule has 1 aliphatic heterocycles. The van der Waals surface area contributed by atoms with Crippen molar-refractivity contribution in [2.75, 3.05) is 57.0 Å². The fourth-order valence-corrected chi connectivity index (χ4v) is 4.89. The molecule has 5 rings (SSSR count). The van der Waals surface area contributed by atoms with Crippen LogP contribution in [0.3, 0.4) is 0 Å². The van der Waals surface area contributed by atoms with Gasteiger partial charge in [-0.05, 0) is 37.1 Å². The largest absolute Gasteiger partial charge is 0.493 e. The van der Waals surface area contributed by atoms with Gasteiger partial charge in [-0.15, -0.1) is 0 Å². The number of hydrogen-bond acceptors (Lipinski definition) is 5. The highest BCUT2D eigenvalue weighted by Crippen LogP contribution is 2.28. The van der Waals surface area contributed by atoms with Gasteiger partial charge in [-0.25, -0.2) is 9.48 Å². The molecule has 2 heterocycles. The zero-order valence-corrected chi connectivity index (χ0v) is 24.0. The van der Waals surface area contributed by atoms with Crippen LogP contribution in [0.4, 0.5) is 16.3 Å². The van der Waals surface area contributed by atoms with Crippen LogP contribution in [-0.4, -0.2) is 72.0 Å². The van der Waals surface area contributed by atoms with E-state index in [1.54, 1.807) is 4.68 Å². The zero-order chi connectivity index (χ0) is 28.1. The van der Waals surface area contributed by atoms with Gasteiger partial charge in [-0.1, -0.05) is 63.2 Å². The van der Waals surface area contributed by atoms with E-state index in [9.17, 15) is 4.79 Å². The first-order chi connectivity index (χ1) is 19.3. The number of anilines is 2. The summed E-state index contributed by atoms with van der Waals surface area (Å²) >= 11 is 0. The van der Waals surface area contributed by atoms with Crippen LogP contribution in [0.2, 0.25) is 0 Å². The maximum atomic E-state index is 13.2. The van der Waals surface area contributed by atoms with Crippen molar-refractivity contribution in [2.45, 2.75) is 32.6 Å². The van der Waals surface area contributed by atoms with Crippen molar-refractivity contribution in [1.29, 1.82) is 0 Å². The SMILES string of the molecule is CN1CCN(CCCOc2cccc(-n3nc(C(C)(C)C)cc3NC(=O)Nc3cccc4ccccc34)c2)CC1. The van der Waals surface area contributed by atoms with Crippen LogP contribution in [0.1, 0.15) is 32.9 Å². The van der Waals surface area contributed by atoms with Gasteiger partial charge in [0.05, 0.1) is 23.7 Å². The van der Waals surface area contributed by atoms with Crippen LogP contribution in [0.5, 0.6) is 5.75 Å². The summed E-state index contributed by atoms with van der Waals surface area (Å²) in [5.41, 5.74) is 2.27. The molecule has 0 unspecified atom stereocenters. The first-order valence-electron chi connectivity index (χ1n) is 14.1. The van der Waals surface area contributed by atoms with E-state index < -0.39 is 0 Å². The molecule has 2 N–H and O–H groups in total. The van der Waals surface area contributed by atoms with Crippen LogP contribution >= 0.6 is 0 Å². The van der Waals surface area contributed by atoms with Crippen molar-refractivity contribution in [3.05, 3.63) is 78.5 Å². The number of carbonyl (C=O) groups excluding carboxylic acids is 1. The molecule has 0 aliphatic carbocycles. The molecule has 0 spiro atoms. The predicted octanol–water partition coefficient (Wildman–Crippen LogP) is 5.98. The van der Waals surface area contributed by atoms with Crippen LogP contribution in [-0.2, 0) is 5.41 Å². The Morgan fingerprint density at radius 1 is 0.925 bits per heavy atom. The molecular weight excluding hydrogens is 500 g/mol. The molecule has 0 bridgehead atoms. The minimum atomic E-state index is -0.325. The van der Waals surface area contributed by atoms with Crippen molar-refractivity contribution in [2.24, 2.45) is 0 Å². The molecular formula is C32H40N6O2. The van der Waals surface area contributed by atoms with Gasteiger partial charge in [-0.3, -0.25) is 5.32 Å². The number of likely N-dealkylation sites (N-methyl/N-ethyl adjacent to an activating group) is 1. The van der Waals surface area contributed by atoms with Crippen LogP contribution in [0, 0.1) is 0 Å². The number of piperazine rings is 1. The number of amides is 2. The Morgan fingerprint density at radius 2 is 1.68 bits per heavy atom. The molecule has 3 aromatic carbocycles. The van der Waals surface area contributed by atoms with Crippen molar-refractivity contribution < 1.29 is 9.53 Å². The first-order valence-corrected chi connectivity index (χ1v) is 14.1. The van der Waals surface area contributed by atoms with Gasteiger partial charge in [0.15, 0.2) is 0 Å². The van der Waals surface area contributed by atoms with E-state index in [1.165, 1.54) is 0 Å². The van der Waals surface area contributed by atoms with E-state index in [-0.39, 0.29) is 11.4 Å². The summed E-state index contributed by atoms with van der Waals surface area (Å²) in [7, 11) is 2.18. The minimum Gasteiger partial charge on any atom is -0.493 e. The molecule has 8 nitrogen and oxygen atoms in total. The highest BCUT2D eigenvalue weighted by Gasteiger charge is 2.22. The molecule has 40 heavy (non-hydrogen) atoms. The zero-order valence-electron chi connectivity index (χ0n) is 24.0.